The highest BCUT2D eigenvalue weighted by molar-refractivity contribution is 6.76. The Morgan fingerprint density at radius 3 is 2.81 bits per heavy atom. The molecule has 1 aliphatic heterocycles. The number of aliphatic imine (C=N–C) groups is 1. The largest absolute Gasteiger partial charge is 0.464 e. The number of carbonyl (C=O) groups is 1. The Labute approximate surface area is 162 Å². The van der Waals surface area contributed by atoms with Crippen LogP contribution in [0.4, 0.5) is 5.69 Å². The molecule has 0 spiro atoms. The van der Waals surface area contributed by atoms with Gasteiger partial charge in [0.1, 0.15) is 18.3 Å². The molecule has 8 nitrogen and oxygen atoms in total. The minimum absolute atomic E-state index is 0.206. The molecule has 1 aromatic heterocycles. The molecule has 1 aromatic rings. The van der Waals surface area contributed by atoms with Crippen LogP contribution in [0.5, 0.6) is 0 Å². The second kappa shape index (κ2) is 9.47. The zero-order valence-electron chi connectivity index (χ0n) is 17.3. The van der Waals surface area contributed by atoms with E-state index in [0.29, 0.717) is 31.2 Å². The fourth-order valence-electron chi connectivity index (χ4n) is 2.84. The van der Waals surface area contributed by atoms with Gasteiger partial charge in [-0.1, -0.05) is 19.6 Å². The molecule has 152 valence electrons. The van der Waals surface area contributed by atoms with Crippen LogP contribution in [0.25, 0.3) is 0 Å². The standard InChI is InChI=1S/C18H32N4O4Si/c1-14-12-25-8-7-21(14)15(2)20-16-11-19-22(17(16)18(23)24-3)13-26-9-10-27(4,5)6/h11,14H,7-10,12-13H2,1-6H3/t14-/m1/s1. The maximum absolute atomic E-state index is 12.3. The zero-order chi connectivity index (χ0) is 20.0. The average molecular weight is 397 g/mol. The summed E-state index contributed by atoms with van der Waals surface area (Å²) in [7, 11) is 0.193. The van der Waals surface area contributed by atoms with E-state index in [1.807, 2.05) is 6.92 Å². The highest BCUT2D eigenvalue weighted by atomic mass is 28.3. The number of hydrogen-bond donors (Lipinski definition) is 0. The lowest BCUT2D eigenvalue weighted by Crippen LogP contribution is -2.46. The van der Waals surface area contributed by atoms with Crippen LogP contribution >= 0.6 is 0 Å². The molecule has 9 heteroatoms. The Bertz CT molecular complexity index is 669. The predicted molar refractivity (Wildman–Crippen MR) is 107 cm³/mol. The first kappa shape index (κ1) is 21.6. The first-order valence-electron chi connectivity index (χ1n) is 9.34. The SMILES string of the molecule is COC(=O)c1c(N=C(C)N2CCOC[C@H]2C)cnn1COCC[Si](C)(C)C. The number of hydrogen-bond acceptors (Lipinski definition) is 6. The van der Waals surface area contributed by atoms with Crippen molar-refractivity contribution in [1.82, 2.24) is 14.7 Å². The van der Waals surface area contributed by atoms with Crippen LogP contribution in [0.1, 0.15) is 24.3 Å². The number of methoxy groups -OCH3 is 1. The molecule has 1 saturated heterocycles. The van der Waals surface area contributed by atoms with Crippen molar-refractivity contribution in [2.45, 2.75) is 52.3 Å². The summed E-state index contributed by atoms with van der Waals surface area (Å²) in [6.45, 7) is 13.9. The Kier molecular flexibility index (Phi) is 7.57. The lowest BCUT2D eigenvalue weighted by atomic mass is 10.2. The predicted octanol–water partition coefficient (Wildman–Crippen LogP) is 2.75. The summed E-state index contributed by atoms with van der Waals surface area (Å²) in [4.78, 5) is 19.1. The molecule has 0 unspecified atom stereocenters. The number of morpholine rings is 1. The summed E-state index contributed by atoms with van der Waals surface area (Å²) >= 11 is 0. The van der Waals surface area contributed by atoms with Crippen LogP contribution in [-0.2, 0) is 20.9 Å². The summed E-state index contributed by atoms with van der Waals surface area (Å²) in [6.07, 6.45) is 1.59. The molecule has 1 fully saturated rings. The van der Waals surface area contributed by atoms with E-state index in [0.717, 1.165) is 18.4 Å². The Morgan fingerprint density at radius 2 is 2.19 bits per heavy atom. The third-order valence-corrected chi connectivity index (χ3v) is 6.18. The van der Waals surface area contributed by atoms with Crippen molar-refractivity contribution in [3.05, 3.63) is 11.9 Å². The van der Waals surface area contributed by atoms with Crippen LogP contribution in [0.15, 0.2) is 11.2 Å². The van der Waals surface area contributed by atoms with Crippen molar-refractivity contribution in [3.63, 3.8) is 0 Å². The molecule has 2 rings (SSSR count). The van der Waals surface area contributed by atoms with E-state index in [9.17, 15) is 4.79 Å². The van der Waals surface area contributed by atoms with E-state index in [1.54, 1.807) is 6.20 Å². The van der Waals surface area contributed by atoms with Crippen molar-refractivity contribution < 1.29 is 19.0 Å². The highest BCUT2D eigenvalue weighted by Gasteiger charge is 2.23. The number of ether oxygens (including phenoxy) is 3. The van der Waals surface area contributed by atoms with Crippen LogP contribution in [0.2, 0.25) is 25.7 Å². The summed E-state index contributed by atoms with van der Waals surface area (Å²) in [5.74, 6) is 0.359. The van der Waals surface area contributed by atoms with Crippen molar-refractivity contribution >= 4 is 25.6 Å². The van der Waals surface area contributed by atoms with E-state index < -0.39 is 14.0 Å². The molecule has 0 amide bonds. The third kappa shape index (κ3) is 6.15. The van der Waals surface area contributed by atoms with Gasteiger partial charge in [-0.2, -0.15) is 5.10 Å². The van der Waals surface area contributed by atoms with Crippen LogP contribution in [-0.4, -0.2) is 74.1 Å². The van der Waals surface area contributed by atoms with E-state index in [-0.39, 0.29) is 12.8 Å². The minimum Gasteiger partial charge on any atom is -0.464 e. The first-order chi connectivity index (χ1) is 12.7. The molecule has 0 radical (unpaired) electrons. The topological polar surface area (TPSA) is 78.2 Å². The quantitative estimate of drug-likeness (QED) is 0.232. The van der Waals surface area contributed by atoms with Gasteiger partial charge in [0.25, 0.3) is 0 Å². The number of amidine groups is 1. The molecule has 1 atom stereocenters. The summed E-state index contributed by atoms with van der Waals surface area (Å²) in [5, 5.41) is 4.29. The summed E-state index contributed by atoms with van der Waals surface area (Å²) in [5.41, 5.74) is 0.803. The maximum Gasteiger partial charge on any atom is 0.358 e. The van der Waals surface area contributed by atoms with Gasteiger partial charge in [0.05, 0.1) is 32.6 Å². The van der Waals surface area contributed by atoms with E-state index >= 15 is 0 Å². The van der Waals surface area contributed by atoms with Gasteiger partial charge in [-0.25, -0.2) is 14.5 Å². The van der Waals surface area contributed by atoms with Gasteiger partial charge in [0.15, 0.2) is 5.69 Å². The number of carbonyl (C=O) groups excluding carboxylic acids is 1. The van der Waals surface area contributed by atoms with Gasteiger partial charge >= 0.3 is 5.97 Å². The molecule has 0 aromatic carbocycles. The van der Waals surface area contributed by atoms with E-state index in [4.69, 9.17) is 14.2 Å². The fourth-order valence-corrected chi connectivity index (χ4v) is 3.59. The first-order valence-corrected chi connectivity index (χ1v) is 13.0. The molecular weight excluding hydrogens is 364 g/mol. The second-order valence-electron chi connectivity index (χ2n) is 7.99. The van der Waals surface area contributed by atoms with Gasteiger partial charge < -0.3 is 19.1 Å². The van der Waals surface area contributed by atoms with Crippen LogP contribution in [0.3, 0.4) is 0 Å². The van der Waals surface area contributed by atoms with Crippen LogP contribution < -0.4 is 0 Å². The molecule has 0 saturated carbocycles. The zero-order valence-corrected chi connectivity index (χ0v) is 18.3. The third-order valence-electron chi connectivity index (χ3n) is 4.47. The number of esters is 1. The van der Waals surface area contributed by atoms with Crippen molar-refractivity contribution in [2.24, 2.45) is 4.99 Å². The number of aromatic nitrogens is 2. The highest BCUT2D eigenvalue weighted by Crippen LogP contribution is 2.22. The maximum atomic E-state index is 12.3. The van der Waals surface area contributed by atoms with Gasteiger partial charge in [0.2, 0.25) is 0 Å². The van der Waals surface area contributed by atoms with Gasteiger partial charge in [-0.15, -0.1) is 0 Å². The summed E-state index contributed by atoms with van der Waals surface area (Å²) < 4.78 is 17.7. The molecule has 0 aliphatic carbocycles. The Hall–Kier alpha value is -1.71. The minimum atomic E-state index is -1.16. The lowest BCUT2D eigenvalue weighted by molar-refractivity contribution is 0.0330. The monoisotopic (exact) mass is 396 g/mol. The molecule has 0 N–H and O–H groups in total. The van der Waals surface area contributed by atoms with Gasteiger partial charge in [0, 0.05) is 21.2 Å². The normalized spacial score (nSPS) is 18.7. The van der Waals surface area contributed by atoms with Crippen molar-refractivity contribution in [1.29, 1.82) is 0 Å². The van der Waals surface area contributed by atoms with E-state index in [1.165, 1.54) is 11.8 Å². The number of nitrogens with zero attached hydrogens (tertiary/aromatic N) is 4. The Morgan fingerprint density at radius 1 is 1.44 bits per heavy atom. The number of rotatable bonds is 7. The van der Waals surface area contributed by atoms with E-state index in [2.05, 4.69) is 41.6 Å². The van der Waals surface area contributed by atoms with Gasteiger partial charge in [-0.05, 0) is 19.9 Å². The second-order valence-corrected chi connectivity index (χ2v) is 13.6. The molecule has 27 heavy (non-hydrogen) atoms. The smallest absolute Gasteiger partial charge is 0.358 e. The molecule has 1 aliphatic rings. The van der Waals surface area contributed by atoms with Crippen LogP contribution in [0, 0.1) is 0 Å². The van der Waals surface area contributed by atoms with Gasteiger partial charge in [-0.3, -0.25) is 0 Å². The lowest BCUT2D eigenvalue weighted by Gasteiger charge is -2.34. The van der Waals surface area contributed by atoms with Crippen molar-refractivity contribution in [2.75, 3.05) is 33.5 Å². The molecule has 2 heterocycles. The average Bonchev–Trinajstić information content (AvgIpc) is 3.00. The Balaban J connectivity index is 2.15. The fraction of sp³-hybridized carbons (Fsp3) is 0.722. The summed E-state index contributed by atoms with van der Waals surface area (Å²) in [6, 6.07) is 1.30. The molecular formula is C18H32N4O4Si. The molecule has 0 bridgehead atoms. The van der Waals surface area contributed by atoms with Crippen molar-refractivity contribution in [3.8, 4) is 0 Å².